The monoisotopic (exact) mass is 306 g/mol. The molecule has 112 valence electrons. The highest BCUT2D eigenvalue weighted by Gasteiger charge is 2.35. The van der Waals surface area contributed by atoms with E-state index in [4.69, 9.17) is 5.26 Å². The van der Waals surface area contributed by atoms with Crippen molar-refractivity contribution in [2.24, 2.45) is 11.8 Å². The van der Waals surface area contributed by atoms with E-state index < -0.39 is 0 Å². The van der Waals surface area contributed by atoms with Crippen molar-refractivity contribution < 1.29 is 9.18 Å². The van der Waals surface area contributed by atoms with Crippen LogP contribution in [0.25, 0.3) is 0 Å². The smallest absolute Gasteiger partial charge is 0.224 e. The number of nitriles is 1. The van der Waals surface area contributed by atoms with E-state index in [-0.39, 0.29) is 35.4 Å². The van der Waals surface area contributed by atoms with Crippen LogP contribution in [0.15, 0.2) is 24.3 Å². The van der Waals surface area contributed by atoms with E-state index in [2.05, 4.69) is 17.9 Å². The van der Waals surface area contributed by atoms with Crippen LogP contribution < -0.4 is 5.32 Å². The van der Waals surface area contributed by atoms with Crippen molar-refractivity contribution in [3.63, 3.8) is 0 Å². The molecule has 1 aliphatic carbocycles. The van der Waals surface area contributed by atoms with Crippen LogP contribution in [0.5, 0.6) is 0 Å². The van der Waals surface area contributed by atoms with Crippen molar-refractivity contribution >= 4 is 18.5 Å². The molecule has 1 N–H and O–H groups in total. The highest BCUT2D eigenvalue weighted by molar-refractivity contribution is 7.80. The summed E-state index contributed by atoms with van der Waals surface area (Å²) in [5, 5.41) is 11.1. The summed E-state index contributed by atoms with van der Waals surface area (Å²) in [5.74, 6) is -0.348. The number of nitrogens with one attached hydrogen (secondary N) is 1. The summed E-state index contributed by atoms with van der Waals surface area (Å²) in [6.07, 6.45) is 3.84. The molecule has 0 saturated heterocycles. The van der Waals surface area contributed by atoms with Crippen LogP contribution in [0.2, 0.25) is 0 Å². The molecule has 1 aliphatic rings. The zero-order chi connectivity index (χ0) is 15.2. The zero-order valence-electron chi connectivity index (χ0n) is 11.8. The molecule has 1 fully saturated rings. The van der Waals surface area contributed by atoms with Gasteiger partial charge in [-0.25, -0.2) is 4.39 Å². The number of benzene rings is 1. The molecular weight excluding hydrogens is 287 g/mol. The summed E-state index contributed by atoms with van der Waals surface area (Å²) in [7, 11) is 0. The second-order valence-electron chi connectivity index (χ2n) is 5.43. The average Bonchev–Trinajstić information content (AvgIpc) is 2.52. The summed E-state index contributed by atoms with van der Waals surface area (Å²) < 4.78 is 13.0. The van der Waals surface area contributed by atoms with Gasteiger partial charge in [-0.3, -0.25) is 4.79 Å². The molecule has 0 aliphatic heterocycles. The number of amides is 1. The fourth-order valence-corrected chi connectivity index (χ4v) is 3.56. The maximum atomic E-state index is 13.0. The van der Waals surface area contributed by atoms with Gasteiger partial charge in [-0.15, -0.1) is 0 Å². The summed E-state index contributed by atoms with van der Waals surface area (Å²) >= 11 is 4.67. The summed E-state index contributed by atoms with van der Waals surface area (Å²) in [6, 6.07) is 8.23. The first-order valence-corrected chi connectivity index (χ1v) is 7.73. The van der Waals surface area contributed by atoms with Crippen molar-refractivity contribution in [2.45, 2.75) is 30.9 Å². The van der Waals surface area contributed by atoms with Gasteiger partial charge in [0.25, 0.3) is 0 Å². The molecule has 0 bridgehead atoms. The largest absolute Gasteiger partial charge is 0.343 e. The Morgan fingerprint density at radius 2 is 2.05 bits per heavy atom. The highest BCUT2D eigenvalue weighted by Crippen LogP contribution is 2.42. The molecule has 3 atom stereocenters. The van der Waals surface area contributed by atoms with Crippen molar-refractivity contribution in [3.05, 3.63) is 35.6 Å². The summed E-state index contributed by atoms with van der Waals surface area (Å²) in [5.41, 5.74) is 0.935. The van der Waals surface area contributed by atoms with Gasteiger partial charge in [0.1, 0.15) is 12.4 Å². The lowest BCUT2D eigenvalue weighted by molar-refractivity contribution is -0.127. The third-order valence-corrected chi connectivity index (χ3v) is 4.80. The van der Waals surface area contributed by atoms with E-state index in [1.54, 1.807) is 12.1 Å². The first-order valence-electron chi connectivity index (χ1n) is 7.21. The van der Waals surface area contributed by atoms with E-state index >= 15 is 0 Å². The fraction of sp³-hybridized carbons (Fsp3) is 0.500. The Balaban J connectivity index is 2.12. The predicted molar refractivity (Wildman–Crippen MR) is 82.2 cm³/mol. The minimum Gasteiger partial charge on any atom is -0.343 e. The minimum atomic E-state index is -0.272. The van der Waals surface area contributed by atoms with Crippen molar-refractivity contribution in [1.29, 1.82) is 5.26 Å². The van der Waals surface area contributed by atoms with Crippen LogP contribution in [0.3, 0.4) is 0 Å². The Kier molecular flexibility index (Phi) is 5.63. The van der Waals surface area contributed by atoms with Crippen LogP contribution in [-0.2, 0) is 4.79 Å². The molecule has 1 saturated carbocycles. The topological polar surface area (TPSA) is 52.9 Å². The highest BCUT2D eigenvalue weighted by atomic mass is 32.1. The van der Waals surface area contributed by atoms with Gasteiger partial charge in [0, 0.05) is 11.2 Å². The maximum Gasteiger partial charge on any atom is 0.224 e. The molecule has 1 amide bonds. The number of hydrogen-bond donors (Lipinski definition) is 2. The van der Waals surface area contributed by atoms with E-state index in [1.165, 1.54) is 12.1 Å². The minimum absolute atomic E-state index is 0.0375. The van der Waals surface area contributed by atoms with Gasteiger partial charge in [-0.05, 0) is 36.5 Å². The first kappa shape index (κ1) is 15.8. The molecule has 1 unspecified atom stereocenters. The Hall–Kier alpha value is -1.54. The van der Waals surface area contributed by atoms with Crippen LogP contribution in [0.1, 0.15) is 36.5 Å². The van der Waals surface area contributed by atoms with Crippen LogP contribution in [-0.4, -0.2) is 12.5 Å². The number of hydrogen-bond acceptors (Lipinski definition) is 3. The lowest BCUT2D eigenvalue weighted by atomic mass is 9.75. The zero-order valence-corrected chi connectivity index (χ0v) is 12.7. The van der Waals surface area contributed by atoms with Gasteiger partial charge in [0.15, 0.2) is 0 Å². The van der Waals surface area contributed by atoms with Crippen molar-refractivity contribution in [3.8, 4) is 6.07 Å². The third kappa shape index (κ3) is 3.98. The summed E-state index contributed by atoms with van der Waals surface area (Å²) in [6.45, 7) is 0.0375. The van der Waals surface area contributed by atoms with Crippen LogP contribution in [0.4, 0.5) is 4.39 Å². The third-order valence-electron chi connectivity index (χ3n) is 4.11. The van der Waals surface area contributed by atoms with E-state index in [9.17, 15) is 9.18 Å². The molecule has 1 aromatic carbocycles. The van der Waals surface area contributed by atoms with Crippen molar-refractivity contribution in [1.82, 2.24) is 5.32 Å². The second kappa shape index (κ2) is 7.46. The molecular formula is C16H19FN2OS. The number of halogens is 1. The van der Waals surface area contributed by atoms with E-state index in [1.807, 2.05) is 6.07 Å². The normalized spacial score (nSPS) is 23.1. The molecule has 0 aromatic heterocycles. The fourth-order valence-electron chi connectivity index (χ4n) is 3.03. The number of rotatable bonds is 4. The molecule has 0 spiro atoms. The van der Waals surface area contributed by atoms with Gasteiger partial charge in [-0.2, -0.15) is 17.9 Å². The van der Waals surface area contributed by atoms with E-state index in [0.717, 1.165) is 31.2 Å². The molecule has 2 rings (SSSR count). The molecule has 21 heavy (non-hydrogen) atoms. The Labute approximate surface area is 129 Å². The first-order chi connectivity index (χ1) is 10.1. The maximum absolute atomic E-state index is 13.0. The van der Waals surface area contributed by atoms with Crippen LogP contribution in [0, 0.1) is 29.0 Å². The van der Waals surface area contributed by atoms with Gasteiger partial charge >= 0.3 is 0 Å². The lowest BCUT2D eigenvalue weighted by Gasteiger charge is -2.34. The van der Waals surface area contributed by atoms with E-state index in [0.29, 0.717) is 0 Å². The molecule has 5 heteroatoms. The Morgan fingerprint density at radius 1 is 1.38 bits per heavy atom. The number of carbonyl (C=O) groups excluding carboxylic acids is 1. The van der Waals surface area contributed by atoms with Crippen LogP contribution >= 0.6 is 12.6 Å². The number of nitrogens with zero attached hydrogens (tertiary/aromatic N) is 1. The Bertz CT molecular complexity index is 526. The predicted octanol–water partition coefficient (Wildman–Crippen LogP) is 3.24. The van der Waals surface area contributed by atoms with Gasteiger partial charge in [0.05, 0.1) is 6.07 Å². The van der Waals surface area contributed by atoms with Gasteiger partial charge in [-0.1, -0.05) is 25.0 Å². The number of thiol groups is 1. The van der Waals surface area contributed by atoms with Gasteiger partial charge in [0.2, 0.25) is 5.91 Å². The SMILES string of the molecule is N#CCNC(=O)[C@H]1CCCC[C@@H]1C(S)c1ccc(F)cc1. The molecule has 1 aromatic rings. The number of carbonyl (C=O) groups is 1. The lowest BCUT2D eigenvalue weighted by Crippen LogP contribution is -2.38. The standard InChI is InChI=1S/C16H19FN2OS/c17-12-7-5-11(6-8-12)15(21)13-3-1-2-4-14(13)16(20)19-10-9-18/h5-8,13-15,21H,1-4,10H2,(H,19,20)/t13-,14-,15?/m0/s1. The molecule has 3 nitrogen and oxygen atoms in total. The van der Waals surface area contributed by atoms with Crippen molar-refractivity contribution in [2.75, 3.05) is 6.54 Å². The molecule has 0 radical (unpaired) electrons. The second-order valence-corrected chi connectivity index (χ2v) is 5.98. The quantitative estimate of drug-likeness (QED) is 0.663. The average molecular weight is 306 g/mol. The van der Waals surface area contributed by atoms with Gasteiger partial charge < -0.3 is 5.32 Å². The molecule has 0 heterocycles. The Morgan fingerprint density at radius 3 is 2.71 bits per heavy atom. The summed E-state index contributed by atoms with van der Waals surface area (Å²) in [4.78, 5) is 12.2.